The number of amides is 1. The van der Waals surface area contributed by atoms with E-state index in [1.54, 1.807) is 24.4 Å². The fourth-order valence-electron chi connectivity index (χ4n) is 2.11. The molecule has 0 unspecified atom stereocenters. The number of nitrogens with one attached hydrogen (secondary N) is 2. The van der Waals surface area contributed by atoms with Gasteiger partial charge in [-0.3, -0.25) is 9.78 Å². The Labute approximate surface area is 149 Å². The van der Waals surface area contributed by atoms with Gasteiger partial charge in [0.15, 0.2) is 0 Å². The highest BCUT2D eigenvalue weighted by Crippen LogP contribution is 2.15. The quantitative estimate of drug-likeness (QED) is 0.695. The second kappa shape index (κ2) is 7.56. The Kier molecular flexibility index (Phi) is 5.22. The van der Waals surface area contributed by atoms with Crippen molar-refractivity contribution < 1.29 is 13.2 Å². The monoisotopic (exact) mass is 373 g/mol. The molecule has 0 saturated carbocycles. The zero-order valence-corrected chi connectivity index (χ0v) is 14.7. The number of hydrogen-bond acceptors (Lipinski definition) is 5. The van der Waals surface area contributed by atoms with Gasteiger partial charge in [-0.05, 0) is 41.8 Å². The fraction of sp³-hybridized carbons (Fsp3) is 0.0588. The number of rotatable bonds is 6. The smallest absolute Gasteiger partial charge is 0.255 e. The SMILES string of the molecule is O=C(Nc1cccnc1)c1cccc(S(=O)(=O)NCc2cccs2)c1. The molecule has 3 rings (SSSR count). The standard InChI is InChI=1S/C17H15N3O3S2/c21-17(20-14-5-2-8-18-11-14)13-4-1-7-16(10-13)25(22,23)19-12-15-6-3-9-24-15/h1-11,19H,12H2,(H,20,21). The molecule has 25 heavy (non-hydrogen) atoms. The van der Waals surface area contributed by atoms with Crippen LogP contribution in [0.15, 0.2) is 71.2 Å². The summed E-state index contributed by atoms with van der Waals surface area (Å²) in [5.41, 5.74) is 0.791. The molecule has 1 amide bonds. The van der Waals surface area contributed by atoms with E-state index < -0.39 is 15.9 Å². The lowest BCUT2D eigenvalue weighted by Gasteiger charge is -2.08. The molecule has 128 valence electrons. The molecule has 2 aromatic heterocycles. The van der Waals surface area contributed by atoms with Crippen LogP contribution >= 0.6 is 11.3 Å². The molecule has 0 atom stereocenters. The Morgan fingerprint density at radius 2 is 2.00 bits per heavy atom. The van der Waals surface area contributed by atoms with Crippen molar-refractivity contribution in [2.75, 3.05) is 5.32 Å². The van der Waals surface area contributed by atoms with Gasteiger partial charge in [-0.1, -0.05) is 12.1 Å². The topological polar surface area (TPSA) is 88.2 Å². The highest BCUT2D eigenvalue weighted by Gasteiger charge is 2.16. The first kappa shape index (κ1) is 17.3. The van der Waals surface area contributed by atoms with E-state index in [4.69, 9.17) is 0 Å². The van der Waals surface area contributed by atoms with E-state index >= 15 is 0 Å². The predicted molar refractivity (Wildman–Crippen MR) is 97.0 cm³/mol. The van der Waals surface area contributed by atoms with Crippen molar-refractivity contribution in [1.82, 2.24) is 9.71 Å². The Balaban J connectivity index is 1.75. The van der Waals surface area contributed by atoms with Gasteiger partial charge in [0.2, 0.25) is 10.0 Å². The maximum absolute atomic E-state index is 12.4. The summed E-state index contributed by atoms with van der Waals surface area (Å²) in [4.78, 5) is 17.2. The van der Waals surface area contributed by atoms with Crippen molar-refractivity contribution >= 4 is 33.0 Å². The summed E-state index contributed by atoms with van der Waals surface area (Å²) >= 11 is 1.47. The van der Waals surface area contributed by atoms with Crippen LogP contribution in [0, 0.1) is 0 Å². The summed E-state index contributed by atoms with van der Waals surface area (Å²) in [6, 6.07) is 13.0. The molecule has 0 spiro atoms. The molecule has 3 aromatic rings. The zero-order chi connectivity index (χ0) is 17.7. The van der Waals surface area contributed by atoms with Crippen LogP contribution in [-0.4, -0.2) is 19.3 Å². The highest BCUT2D eigenvalue weighted by atomic mass is 32.2. The van der Waals surface area contributed by atoms with Crippen molar-refractivity contribution in [3.05, 3.63) is 76.7 Å². The van der Waals surface area contributed by atoms with Gasteiger partial charge >= 0.3 is 0 Å². The highest BCUT2D eigenvalue weighted by molar-refractivity contribution is 7.89. The van der Waals surface area contributed by atoms with Crippen molar-refractivity contribution in [2.24, 2.45) is 0 Å². The average molecular weight is 373 g/mol. The van der Waals surface area contributed by atoms with Crippen molar-refractivity contribution in [1.29, 1.82) is 0 Å². The van der Waals surface area contributed by atoms with Gasteiger partial charge in [0, 0.05) is 23.2 Å². The van der Waals surface area contributed by atoms with Gasteiger partial charge < -0.3 is 5.32 Å². The summed E-state index contributed by atoms with van der Waals surface area (Å²) in [5.74, 6) is -0.400. The van der Waals surface area contributed by atoms with Crippen LogP contribution in [0.3, 0.4) is 0 Å². The zero-order valence-electron chi connectivity index (χ0n) is 13.0. The van der Waals surface area contributed by atoms with E-state index in [9.17, 15) is 13.2 Å². The Hall–Kier alpha value is -2.55. The van der Waals surface area contributed by atoms with E-state index in [-0.39, 0.29) is 17.0 Å². The lowest BCUT2D eigenvalue weighted by atomic mass is 10.2. The summed E-state index contributed by atoms with van der Waals surface area (Å²) in [6.07, 6.45) is 3.11. The molecule has 1 aromatic carbocycles. The number of carbonyl (C=O) groups excluding carboxylic acids is 1. The number of sulfonamides is 1. The minimum atomic E-state index is -3.70. The first-order chi connectivity index (χ1) is 12.0. The molecule has 0 bridgehead atoms. The minimum absolute atomic E-state index is 0.0443. The van der Waals surface area contributed by atoms with E-state index in [1.165, 1.54) is 35.7 Å². The van der Waals surface area contributed by atoms with Crippen molar-refractivity contribution in [2.45, 2.75) is 11.4 Å². The van der Waals surface area contributed by atoms with E-state index in [1.807, 2.05) is 17.5 Å². The third-order valence-corrected chi connectivity index (χ3v) is 5.62. The van der Waals surface area contributed by atoms with E-state index in [2.05, 4.69) is 15.0 Å². The van der Waals surface area contributed by atoms with Crippen LogP contribution in [0.1, 0.15) is 15.2 Å². The Bertz CT molecular complexity index is 956. The summed E-state index contributed by atoms with van der Waals surface area (Å²) in [5, 5.41) is 4.56. The lowest BCUT2D eigenvalue weighted by Crippen LogP contribution is -2.23. The minimum Gasteiger partial charge on any atom is -0.321 e. The maximum Gasteiger partial charge on any atom is 0.255 e. The van der Waals surface area contributed by atoms with Gasteiger partial charge in [-0.15, -0.1) is 11.3 Å². The Morgan fingerprint density at radius 3 is 2.72 bits per heavy atom. The van der Waals surface area contributed by atoms with E-state index in [0.29, 0.717) is 5.69 Å². The van der Waals surface area contributed by atoms with Crippen LogP contribution in [0.4, 0.5) is 5.69 Å². The fourth-order valence-corrected chi connectivity index (χ4v) is 3.90. The number of thiophene rings is 1. The molecule has 0 fully saturated rings. The number of hydrogen-bond donors (Lipinski definition) is 2. The molecule has 0 aliphatic carbocycles. The molecule has 2 N–H and O–H groups in total. The van der Waals surface area contributed by atoms with Gasteiger partial charge in [-0.25, -0.2) is 13.1 Å². The molecular weight excluding hydrogens is 358 g/mol. The molecule has 2 heterocycles. The molecule has 0 aliphatic heterocycles. The number of nitrogens with zero attached hydrogens (tertiary/aromatic N) is 1. The third kappa shape index (κ3) is 4.50. The van der Waals surface area contributed by atoms with Gasteiger partial charge in [0.05, 0.1) is 16.8 Å². The maximum atomic E-state index is 12.4. The average Bonchev–Trinajstić information content (AvgIpc) is 3.15. The van der Waals surface area contributed by atoms with Crippen LogP contribution in [0.25, 0.3) is 0 Å². The van der Waals surface area contributed by atoms with Crippen molar-refractivity contribution in [3.8, 4) is 0 Å². The molecule has 8 heteroatoms. The first-order valence-electron chi connectivity index (χ1n) is 7.38. The number of carbonyl (C=O) groups is 1. The van der Waals surface area contributed by atoms with Gasteiger partial charge in [-0.2, -0.15) is 0 Å². The van der Waals surface area contributed by atoms with E-state index in [0.717, 1.165) is 4.88 Å². The number of aromatic nitrogens is 1. The number of anilines is 1. The summed E-state index contributed by atoms with van der Waals surface area (Å²) in [6.45, 7) is 0.214. The second-order valence-corrected chi connectivity index (χ2v) is 7.93. The summed E-state index contributed by atoms with van der Waals surface area (Å²) in [7, 11) is -3.70. The van der Waals surface area contributed by atoms with Gasteiger partial charge in [0.25, 0.3) is 5.91 Å². The molecule has 6 nitrogen and oxygen atoms in total. The largest absolute Gasteiger partial charge is 0.321 e. The normalized spacial score (nSPS) is 11.2. The Morgan fingerprint density at radius 1 is 1.12 bits per heavy atom. The molecular formula is C17H15N3O3S2. The molecule has 0 radical (unpaired) electrons. The van der Waals surface area contributed by atoms with Crippen LogP contribution in [-0.2, 0) is 16.6 Å². The van der Waals surface area contributed by atoms with Crippen molar-refractivity contribution in [3.63, 3.8) is 0 Å². The molecule has 0 aliphatic rings. The third-order valence-electron chi connectivity index (χ3n) is 3.34. The van der Waals surface area contributed by atoms with Crippen LogP contribution < -0.4 is 10.0 Å². The lowest BCUT2D eigenvalue weighted by molar-refractivity contribution is 0.102. The number of pyridine rings is 1. The van der Waals surface area contributed by atoms with Gasteiger partial charge in [0.1, 0.15) is 0 Å². The molecule has 0 saturated heterocycles. The summed E-state index contributed by atoms with van der Waals surface area (Å²) < 4.78 is 27.4. The number of benzene rings is 1. The predicted octanol–water partition coefficient (Wildman–Crippen LogP) is 2.87. The van der Waals surface area contributed by atoms with Crippen LogP contribution in [0.5, 0.6) is 0 Å². The second-order valence-electron chi connectivity index (χ2n) is 5.13. The van der Waals surface area contributed by atoms with Crippen LogP contribution in [0.2, 0.25) is 0 Å². The first-order valence-corrected chi connectivity index (χ1v) is 9.74.